The van der Waals surface area contributed by atoms with Gasteiger partial charge in [-0.3, -0.25) is 4.79 Å². The van der Waals surface area contributed by atoms with Crippen LogP contribution >= 0.6 is 0 Å². The largest absolute Gasteiger partial charge is 0.478 e. The molecule has 3 rings (SSSR count). The highest BCUT2D eigenvalue weighted by molar-refractivity contribution is 5.90. The number of amides is 1. The van der Waals surface area contributed by atoms with Gasteiger partial charge in [-0.05, 0) is 31.9 Å². The Balaban J connectivity index is 1.84. The predicted octanol–water partition coefficient (Wildman–Crippen LogP) is 3.64. The van der Waals surface area contributed by atoms with Gasteiger partial charge >= 0.3 is 5.97 Å². The highest BCUT2D eigenvalue weighted by Gasteiger charge is 2.48. The van der Waals surface area contributed by atoms with E-state index in [9.17, 15) is 18.4 Å². The Bertz CT molecular complexity index is 870. The lowest BCUT2D eigenvalue weighted by molar-refractivity contribution is -0.140. The Hall–Kier alpha value is -2.70. The number of hydrogen-bond donors (Lipinski definition) is 1. The molecule has 1 aromatic heterocycles. The van der Waals surface area contributed by atoms with Crippen LogP contribution in [0.4, 0.5) is 8.78 Å². The standard InChI is InChI=1S/C19H19F2NO4/c1-11-14(17(23)24)9-13(26-11)10-22(2)18(25)19(6-3-7-19)15-5-4-12(20)8-16(15)21/h4-5,8-9H,3,6-7,10H2,1-2H3,(H,23,24). The number of carbonyl (C=O) groups is 2. The Morgan fingerprint density at radius 1 is 1.27 bits per heavy atom. The number of likely N-dealkylation sites (N-methyl/N-ethyl adjacent to an activating group) is 1. The fourth-order valence-corrected chi connectivity index (χ4v) is 3.51. The van der Waals surface area contributed by atoms with Crippen molar-refractivity contribution >= 4 is 11.9 Å². The molecule has 1 aromatic carbocycles. The second-order valence-corrected chi connectivity index (χ2v) is 6.71. The van der Waals surface area contributed by atoms with E-state index in [2.05, 4.69) is 0 Å². The SMILES string of the molecule is Cc1oc(CN(C)C(=O)C2(c3ccc(F)cc3F)CCC2)cc1C(=O)O. The third kappa shape index (κ3) is 2.98. The lowest BCUT2D eigenvalue weighted by Gasteiger charge is -2.43. The second kappa shape index (κ2) is 6.55. The van der Waals surface area contributed by atoms with Crippen molar-refractivity contribution in [2.75, 3.05) is 7.05 Å². The first-order valence-corrected chi connectivity index (χ1v) is 8.28. The van der Waals surface area contributed by atoms with E-state index in [0.717, 1.165) is 18.6 Å². The Kier molecular flexibility index (Phi) is 4.56. The molecule has 0 aliphatic heterocycles. The number of hydrogen-bond acceptors (Lipinski definition) is 3. The third-order valence-electron chi connectivity index (χ3n) is 5.00. The van der Waals surface area contributed by atoms with E-state index in [-0.39, 0.29) is 29.3 Å². The predicted molar refractivity (Wildman–Crippen MR) is 88.8 cm³/mol. The van der Waals surface area contributed by atoms with Crippen molar-refractivity contribution in [3.05, 3.63) is 58.5 Å². The zero-order valence-electron chi connectivity index (χ0n) is 14.5. The molecule has 0 spiro atoms. The Morgan fingerprint density at radius 3 is 2.46 bits per heavy atom. The average molecular weight is 363 g/mol. The molecule has 7 heteroatoms. The maximum Gasteiger partial charge on any atom is 0.339 e. The molecule has 1 aliphatic carbocycles. The number of halogens is 2. The van der Waals surface area contributed by atoms with Gasteiger partial charge in [0.2, 0.25) is 5.91 Å². The van der Waals surface area contributed by atoms with Crippen LogP contribution in [0, 0.1) is 18.6 Å². The van der Waals surface area contributed by atoms with Gasteiger partial charge in [-0.15, -0.1) is 0 Å². The topological polar surface area (TPSA) is 70.8 Å². The molecule has 1 N–H and O–H groups in total. The summed E-state index contributed by atoms with van der Waals surface area (Å²) in [7, 11) is 1.56. The van der Waals surface area contributed by atoms with Crippen molar-refractivity contribution in [3.8, 4) is 0 Å². The molecule has 26 heavy (non-hydrogen) atoms. The smallest absolute Gasteiger partial charge is 0.339 e. The molecule has 0 unspecified atom stereocenters. The highest BCUT2D eigenvalue weighted by atomic mass is 19.1. The molecule has 0 saturated heterocycles. The average Bonchev–Trinajstić information content (AvgIpc) is 2.88. The fraction of sp³-hybridized carbons (Fsp3) is 0.368. The number of rotatable bonds is 5. The zero-order chi connectivity index (χ0) is 19.1. The quantitative estimate of drug-likeness (QED) is 0.880. The van der Waals surface area contributed by atoms with Gasteiger partial charge in [0, 0.05) is 18.7 Å². The monoisotopic (exact) mass is 363 g/mol. The van der Waals surface area contributed by atoms with Gasteiger partial charge < -0.3 is 14.4 Å². The molecular formula is C19H19F2NO4. The van der Waals surface area contributed by atoms with E-state index in [0.29, 0.717) is 18.6 Å². The van der Waals surface area contributed by atoms with Gasteiger partial charge in [0.1, 0.15) is 28.7 Å². The van der Waals surface area contributed by atoms with E-state index < -0.39 is 23.0 Å². The molecule has 0 bridgehead atoms. The number of carboxylic acids is 1. The summed E-state index contributed by atoms with van der Waals surface area (Å²) in [5, 5.41) is 9.09. The van der Waals surface area contributed by atoms with Crippen LogP contribution in [-0.2, 0) is 16.8 Å². The Morgan fingerprint density at radius 2 is 1.96 bits per heavy atom. The number of carboxylic acid groups (broad SMARTS) is 1. The number of aryl methyl sites for hydroxylation is 1. The first kappa shape index (κ1) is 18.1. The molecule has 1 heterocycles. The van der Waals surface area contributed by atoms with Crippen LogP contribution in [0.3, 0.4) is 0 Å². The summed E-state index contributed by atoms with van der Waals surface area (Å²) in [6.45, 7) is 1.60. The van der Waals surface area contributed by atoms with Crippen molar-refractivity contribution < 1.29 is 27.9 Å². The first-order valence-electron chi connectivity index (χ1n) is 8.28. The van der Waals surface area contributed by atoms with E-state index in [1.165, 1.54) is 24.0 Å². The first-order chi connectivity index (χ1) is 12.2. The van der Waals surface area contributed by atoms with Gasteiger partial charge in [0.05, 0.1) is 12.0 Å². The minimum Gasteiger partial charge on any atom is -0.478 e. The van der Waals surface area contributed by atoms with E-state index in [4.69, 9.17) is 9.52 Å². The van der Waals surface area contributed by atoms with Gasteiger partial charge in [-0.2, -0.15) is 0 Å². The molecule has 138 valence electrons. The molecule has 2 aromatic rings. The molecule has 1 aliphatic rings. The van der Waals surface area contributed by atoms with E-state index in [1.807, 2.05) is 0 Å². The molecule has 1 saturated carbocycles. The van der Waals surface area contributed by atoms with Crippen LogP contribution < -0.4 is 0 Å². The molecule has 1 amide bonds. The summed E-state index contributed by atoms with van der Waals surface area (Å²) in [6, 6.07) is 4.65. The third-order valence-corrected chi connectivity index (χ3v) is 5.00. The maximum absolute atomic E-state index is 14.3. The number of furan rings is 1. The second-order valence-electron chi connectivity index (χ2n) is 6.71. The normalized spacial score (nSPS) is 15.4. The van der Waals surface area contributed by atoms with Crippen LogP contribution in [-0.4, -0.2) is 28.9 Å². The number of benzene rings is 1. The zero-order valence-corrected chi connectivity index (χ0v) is 14.5. The van der Waals surface area contributed by atoms with Gasteiger partial charge in [0.15, 0.2) is 0 Å². The van der Waals surface area contributed by atoms with Gasteiger partial charge in [-0.1, -0.05) is 12.5 Å². The van der Waals surface area contributed by atoms with E-state index >= 15 is 0 Å². The molecule has 1 fully saturated rings. The van der Waals surface area contributed by atoms with Crippen LogP contribution in [0.25, 0.3) is 0 Å². The van der Waals surface area contributed by atoms with Crippen molar-refractivity contribution in [2.45, 2.75) is 38.1 Å². The van der Waals surface area contributed by atoms with Crippen molar-refractivity contribution in [1.82, 2.24) is 4.90 Å². The lowest BCUT2D eigenvalue weighted by Crippen LogP contribution is -2.50. The molecule has 5 nitrogen and oxygen atoms in total. The van der Waals surface area contributed by atoms with Crippen LogP contribution in [0.1, 0.15) is 46.7 Å². The highest BCUT2D eigenvalue weighted by Crippen LogP contribution is 2.46. The summed E-state index contributed by atoms with van der Waals surface area (Å²) in [5.41, 5.74) is -0.767. The van der Waals surface area contributed by atoms with Gasteiger partial charge in [-0.25, -0.2) is 13.6 Å². The summed E-state index contributed by atoms with van der Waals surface area (Å²) < 4.78 is 32.9. The van der Waals surface area contributed by atoms with E-state index in [1.54, 1.807) is 7.05 Å². The number of aromatic carboxylic acids is 1. The molecular weight excluding hydrogens is 344 g/mol. The lowest BCUT2D eigenvalue weighted by atomic mass is 9.63. The summed E-state index contributed by atoms with van der Waals surface area (Å²) in [4.78, 5) is 25.5. The maximum atomic E-state index is 14.3. The fourth-order valence-electron chi connectivity index (χ4n) is 3.51. The Labute approximate surface area is 149 Å². The number of nitrogens with zero attached hydrogens (tertiary/aromatic N) is 1. The summed E-state index contributed by atoms with van der Waals surface area (Å²) >= 11 is 0. The van der Waals surface area contributed by atoms with Gasteiger partial charge in [0.25, 0.3) is 0 Å². The summed E-state index contributed by atoms with van der Waals surface area (Å²) in [6.07, 6.45) is 1.74. The van der Waals surface area contributed by atoms with Crippen LogP contribution in [0.15, 0.2) is 28.7 Å². The van der Waals surface area contributed by atoms with Crippen LogP contribution in [0.5, 0.6) is 0 Å². The minimum absolute atomic E-state index is 0.0452. The molecule has 0 atom stereocenters. The van der Waals surface area contributed by atoms with Crippen LogP contribution in [0.2, 0.25) is 0 Å². The minimum atomic E-state index is -1.10. The number of carbonyl (C=O) groups excluding carboxylic acids is 1. The van der Waals surface area contributed by atoms with Crippen molar-refractivity contribution in [3.63, 3.8) is 0 Å². The van der Waals surface area contributed by atoms with Crippen molar-refractivity contribution in [2.24, 2.45) is 0 Å². The molecule has 0 radical (unpaired) electrons. The van der Waals surface area contributed by atoms with Crippen molar-refractivity contribution in [1.29, 1.82) is 0 Å². The summed E-state index contributed by atoms with van der Waals surface area (Å²) in [5.74, 6) is -2.21.